The van der Waals surface area contributed by atoms with E-state index in [-0.39, 0.29) is 0 Å². The summed E-state index contributed by atoms with van der Waals surface area (Å²) in [5.41, 5.74) is 2.09. The third-order valence-corrected chi connectivity index (χ3v) is 4.51. The van der Waals surface area contributed by atoms with Crippen molar-refractivity contribution >= 4 is 5.69 Å². The molecule has 1 aliphatic heterocycles. The average Bonchev–Trinajstić information content (AvgIpc) is 2.39. The molecule has 3 rings (SSSR count). The van der Waals surface area contributed by atoms with Gasteiger partial charge in [0.05, 0.1) is 0 Å². The zero-order chi connectivity index (χ0) is 13.7. The van der Waals surface area contributed by atoms with Crippen molar-refractivity contribution in [1.29, 1.82) is 0 Å². The molecule has 1 nitrogen and oxygen atoms in total. The molecule has 0 atom stereocenters. The highest BCUT2D eigenvalue weighted by Crippen LogP contribution is 2.46. The van der Waals surface area contributed by atoms with Crippen LogP contribution in [0.1, 0.15) is 52.9 Å². The lowest BCUT2D eigenvalue weighted by molar-refractivity contribution is 0.114. The summed E-state index contributed by atoms with van der Waals surface area (Å²) < 4.78 is 0. The minimum atomic E-state index is 0.683. The molecule has 1 saturated carbocycles. The Morgan fingerprint density at radius 2 is 1.58 bits per heavy atom. The first kappa shape index (κ1) is 14.4. The molecule has 19 heavy (non-hydrogen) atoms. The highest BCUT2D eigenvalue weighted by atomic mass is 15.2. The van der Waals surface area contributed by atoms with Gasteiger partial charge in [0, 0.05) is 24.2 Å². The number of nitrogens with zero attached hydrogens (tertiary/aromatic N) is 1. The van der Waals surface area contributed by atoms with Gasteiger partial charge in [-0.25, -0.2) is 0 Å². The molecule has 1 aliphatic carbocycles. The summed E-state index contributed by atoms with van der Waals surface area (Å²) in [5, 5.41) is 0. The van der Waals surface area contributed by atoms with Crippen LogP contribution >= 0.6 is 0 Å². The molecule has 1 aromatic rings. The molecule has 0 N–H and O–H groups in total. The van der Waals surface area contributed by atoms with Gasteiger partial charge in [-0.15, -0.1) is 0 Å². The first-order chi connectivity index (χ1) is 9.19. The van der Waals surface area contributed by atoms with Crippen molar-refractivity contribution in [3.8, 4) is 0 Å². The van der Waals surface area contributed by atoms with Gasteiger partial charge in [0.1, 0.15) is 0 Å². The number of hydrogen-bond donors (Lipinski definition) is 0. The average molecular weight is 259 g/mol. The summed E-state index contributed by atoms with van der Waals surface area (Å²) in [5.74, 6) is 0.969. The van der Waals surface area contributed by atoms with Gasteiger partial charge in [0.2, 0.25) is 0 Å². The first-order valence-corrected chi connectivity index (χ1v) is 7.99. The number of para-hydroxylation sites is 1. The predicted octanol–water partition coefficient (Wildman–Crippen LogP) is 5.12. The van der Waals surface area contributed by atoms with Crippen molar-refractivity contribution in [1.82, 2.24) is 0 Å². The Morgan fingerprint density at radius 3 is 2.11 bits per heavy atom. The van der Waals surface area contributed by atoms with Gasteiger partial charge in [0.15, 0.2) is 0 Å². The minimum absolute atomic E-state index is 0.683. The van der Waals surface area contributed by atoms with Gasteiger partial charge in [-0.2, -0.15) is 0 Å². The maximum Gasteiger partial charge on any atom is 0.0366 e. The molecule has 2 fully saturated rings. The standard InChI is InChI=1S/C15H21N.C3H8/c1-13-7-9-15(10-8-13)11-16(12-15)14-5-3-2-4-6-14;1-3-2/h2-6,13H,7-12H2,1H3;3H2,1-2H3. The van der Waals surface area contributed by atoms with Crippen molar-refractivity contribution in [2.45, 2.75) is 52.9 Å². The van der Waals surface area contributed by atoms with E-state index >= 15 is 0 Å². The molecule has 1 heteroatoms. The first-order valence-electron chi connectivity index (χ1n) is 7.99. The van der Waals surface area contributed by atoms with Gasteiger partial charge < -0.3 is 4.90 Å². The SMILES string of the molecule is CC1CCC2(CC1)CN(c1ccccc1)C2.CCC. The van der Waals surface area contributed by atoms with Gasteiger partial charge in [0.25, 0.3) is 0 Å². The van der Waals surface area contributed by atoms with Gasteiger partial charge in [-0.1, -0.05) is 58.2 Å². The highest BCUT2D eigenvalue weighted by Gasteiger charge is 2.44. The summed E-state index contributed by atoms with van der Waals surface area (Å²) >= 11 is 0. The van der Waals surface area contributed by atoms with Crippen LogP contribution in [0.15, 0.2) is 30.3 Å². The molecule has 0 bridgehead atoms. The van der Waals surface area contributed by atoms with Crippen molar-refractivity contribution < 1.29 is 0 Å². The van der Waals surface area contributed by atoms with Crippen molar-refractivity contribution in [2.75, 3.05) is 18.0 Å². The van der Waals surface area contributed by atoms with Gasteiger partial charge in [-0.05, 0) is 30.9 Å². The van der Waals surface area contributed by atoms with E-state index in [1.165, 1.54) is 50.9 Å². The molecule has 1 heterocycles. The summed E-state index contributed by atoms with van der Waals surface area (Å²) in [6.45, 7) is 9.24. The molecule has 1 aromatic carbocycles. The molecule has 0 aromatic heterocycles. The molecule has 2 aliphatic rings. The Morgan fingerprint density at radius 1 is 1.05 bits per heavy atom. The molecular formula is C18H29N. The molecule has 0 radical (unpaired) electrons. The fraction of sp³-hybridized carbons (Fsp3) is 0.667. The monoisotopic (exact) mass is 259 g/mol. The van der Waals surface area contributed by atoms with Gasteiger partial charge in [-0.3, -0.25) is 0 Å². The van der Waals surface area contributed by atoms with E-state index in [4.69, 9.17) is 0 Å². The maximum atomic E-state index is 2.54. The molecule has 1 saturated heterocycles. The van der Waals surface area contributed by atoms with Crippen molar-refractivity contribution in [3.05, 3.63) is 30.3 Å². The fourth-order valence-corrected chi connectivity index (χ4v) is 3.28. The zero-order valence-electron chi connectivity index (χ0n) is 12.9. The second kappa shape index (κ2) is 6.45. The third kappa shape index (κ3) is 3.52. The van der Waals surface area contributed by atoms with Crippen molar-refractivity contribution in [2.24, 2.45) is 11.3 Å². The van der Waals surface area contributed by atoms with E-state index in [9.17, 15) is 0 Å². The number of rotatable bonds is 1. The lowest BCUT2D eigenvalue weighted by Crippen LogP contribution is -2.57. The van der Waals surface area contributed by atoms with E-state index < -0.39 is 0 Å². The topological polar surface area (TPSA) is 3.24 Å². The lowest BCUT2D eigenvalue weighted by atomic mass is 9.66. The fourth-order valence-electron chi connectivity index (χ4n) is 3.28. The van der Waals surface area contributed by atoms with Gasteiger partial charge >= 0.3 is 0 Å². The summed E-state index contributed by atoms with van der Waals surface area (Å²) in [6.07, 6.45) is 7.06. The van der Waals surface area contributed by atoms with E-state index in [2.05, 4.69) is 56.0 Å². The Hall–Kier alpha value is -0.980. The van der Waals surface area contributed by atoms with Crippen LogP contribution in [-0.4, -0.2) is 13.1 Å². The minimum Gasteiger partial charge on any atom is -0.370 e. The lowest BCUT2D eigenvalue weighted by Gasteiger charge is -2.54. The highest BCUT2D eigenvalue weighted by molar-refractivity contribution is 5.49. The quantitative estimate of drug-likeness (QED) is 0.676. The van der Waals surface area contributed by atoms with E-state index in [0.717, 1.165) is 5.92 Å². The van der Waals surface area contributed by atoms with Crippen LogP contribution in [0.3, 0.4) is 0 Å². The van der Waals surface area contributed by atoms with E-state index in [1.807, 2.05) is 0 Å². The number of anilines is 1. The van der Waals surface area contributed by atoms with Crippen LogP contribution in [0.2, 0.25) is 0 Å². The third-order valence-electron chi connectivity index (χ3n) is 4.51. The van der Waals surface area contributed by atoms with Crippen LogP contribution in [0.5, 0.6) is 0 Å². The second-order valence-electron chi connectivity index (χ2n) is 6.58. The second-order valence-corrected chi connectivity index (χ2v) is 6.58. The summed E-state index contributed by atoms with van der Waals surface area (Å²) in [4.78, 5) is 2.54. The Bertz CT molecular complexity index is 355. The Kier molecular flexibility index (Phi) is 4.90. The molecule has 0 unspecified atom stereocenters. The smallest absolute Gasteiger partial charge is 0.0366 e. The normalized spacial score (nSPS) is 21.5. The largest absolute Gasteiger partial charge is 0.370 e. The van der Waals surface area contributed by atoms with Crippen LogP contribution in [0.4, 0.5) is 5.69 Å². The van der Waals surface area contributed by atoms with Crippen LogP contribution in [-0.2, 0) is 0 Å². The van der Waals surface area contributed by atoms with Crippen molar-refractivity contribution in [3.63, 3.8) is 0 Å². The van der Waals surface area contributed by atoms with Crippen LogP contribution in [0.25, 0.3) is 0 Å². The Balaban J connectivity index is 0.000000408. The molecular weight excluding hydrogens is 230 g/mol. The van der Waals surface area contributed by atoms with E-state index in [1.54, 1.807) is 0 Å². The Labute approximate surface area is 119 Å². The van der Waals surface area contributed by atoms with E-state index in [0.29, 0.717) is 5.41 Å². The summed E-state index contributed by atoms with van der Waals surface area (Å²) in [7, 11) is 0. The number of benzene rings is 1. The summed E-state index contributed by atoms with van der Waals surface area (Å²) in [6, 6.07) is 10.9. The predicted molar refractivity (Wildman–Crippen MR) is 84.7 cm³/mol. The van der Waals surface area contributed by atoms with Crippen LogP contribution in [0, 0.1) is 11.3 Å². The molecule has 106 valence electrons. The molecule has 0 amide bonds. The maximum absolute atomic E-state index is 2.54. The number of hydrogen-bond acceptors (Lipinski definition) is 1. The van der Waals surface area contributed by atoms with Crippen LogP contribution < -0.4 is 4.90 Å². The zero-order valence-corrected chi connectivity index (χ0v) is 12.9. The molecule has 1 spiro atoms.